The van der Waals surface area contributed by atoms with Gasteiger partial charge in [0.25, 0.3) is 0 Å². The number of aliphatic hydroxyl groups is 1. The van der Waals surface area contributed by atoms with Crippen LogP contribution in [0.3, 0.4) is 0 Å². The highest BCUT2D eigenvalue weighted by molar-refractivity contribution is 7.70. The number of rotatable bonds is 4. The van der Waals surface area contributed by atoms with Gasteiger partial charge in [0, 0.05) is 16.3 Å². The molecule has 0 saturated carbocycles. The Balaban J connectivity index is 2.18. The summed E-state index contributed by atoms with van der Waals surface area (Å²) in [5.74, 6) is 6.57. The quantitative estimate of drug-likeness (QED) is 0.347. The number of benzene rings is 2. The molecule has 0 spiro atoms. The van der Waals surface area contributed by atoms with Crippen LogP contribution >= 0.6 is 7.14 Å². The minimum Gasteiger partial charge on any atom is -0.378 e. The van der Waals surface area contributed by atoms with Crippen LogP contribution in [0.4, 0.5) is 19.0 Å². The van der Waals surface area contributed by atoms with Crippen molar-refractivity contribution >= 4 is 29.2 Å². The first-order valence-electron chi connectivity index (χ1n) is 11.0. The van der Waals surface area contributed by atoms with E-state index in [1.54, 1.807) is 59.2 Å². The molecule has 5 nitrogen and oxygen atoms in total. The molecule has 1 atom stereocenters. The van der Waals surface area contributed by atoms with Gasteiger partial charge in [-0.3, -0.25) is 0 Å². The Morgan fingerprint density at radius 1 is 1.11 bits per heavy atom. The van der Waals surface area contributed by atoms with E-state index in [-0.39, 0.29) is 5.56 Å². The van der Waals surface area contributed by atoms with E-state index in [0.717, 1.165) is 6.07 Å². The van der Waals surface area contributed by atoms with Gasteiger partial charge in [-0.15, -0.1) is 0 Å². The number of aryl methyl sites for hydroxylation is 1. The maximum atomic E-state index is 13.4. The molecule has 2 aromatic carbocycles. The average molecular weight is 504 g/mol. The van der Waals surface area contributed by atoms with Gasteiger partial charge < -0.3 is 15.0 Å². The van der Waals surface area contributed by atoms with Crippen LogP contribution in [-0.2, 0) is 10.7 Å². The predicted molar refractivity (Wildman–Crippen MR) is 135 cm³/mol. The largest absolute Gasteiger partial charge is 0.416 e. The van der Waals surface area contributed by atoms with Crippen LogP contribution < -0.4 is 10.6 Å². The third-order valence-corrected chi connectivity index (χ3v) is 7.04. The van der Waals surface area contributed by atoms with Crippen LogP contribution in [0.2, 0.25) is 0 Å². The van der Waals surface area contributed by atoms with E-state index >= 15 is 0 Å². The summed E-state index contributed by atoms with van der Waals surface area (Å²) in [6.07, 6.45) is -4.45. The predicted octanol–water partition coefficient (Wildman–Crippen LogP) is 5.81. The highest BCUT2D eigenvalue weighted by atomic mass is 31.2. The molecule has 9 heteroatoms. The highest BCUT2D eigenvalue weighted by Gasteiger charge is 2.33. The van der Waals surface area contributed by atoms with Crippen LogP contribution in [0, 0.1) is 25.7 Å². The molecule has 0 aliphatic heterocycles. The number of anilines is 1. The lowest BCUT2D eigenvalue weighted by Crippen LogP contribution is -2.16. The van der Waals surface area contributed by atoms with Crippen molar-refractivity contribution in [2.24, 2.45) is 0 Å². The summed E-state index contributed by atoms with van der Waals surface area (Å²) in [5, 5.41) is 14.4. The second-order valence-electron chi connectivity index (χ2n) is 9.55. The SMILES string of the molecule is Cc1nc(NC(C)c2cccc(C(F)(F)F)c2C)c2cc(C#CC(C)(C)O)c(P(C)(C)=O)cc2n1. The Bertz CT molecular complexity index is 1390. The molecule has 1 heterocycles. The Kier molecular flexibility index (Phi) is 7.09. The summed E-state index contributed by atoms with van der Waals surface area (Å²) in [6, 6.07) is 7.05. The van der Waals surface area contributed by atoms with Crippen molar-refractivity contribution in [2.75, 3.05) is 18.6 Å². The van der Waals surface area contributed by atoms with Gasteiger partial charge in [-0.1, -0.05) is 24.0 Å². The summed E-state index contributed by atoms with van der Waals surface area (Å²) >= 11 is 0. The van der Waals surface area contributed by atoms with Crippen molar-refractivity contribution in [3.8, 4) is 11.8 Å². The topological polar surface area (TPSA) is 75.1 Å². The second-order valence-corrected chi connectivity index (χ2v) is 12.7. The average Bonchev–Trinajstić information content (AvgIpc) is 2.69. The van der Waals surface area contributed by atoms with E-state index in [4.69, 9.17) is 0 Å². The zero-order chi connectivity index (χ0) is 26.3. The number of fused-ring (bicyclic) bond motifs is 1. The number of nitrogens with zero attached hydrogens (tertiary/aromatic N) is 2. The molecule has 1 unspecified atom stereocenters. The summed E-state index contributed by atoms with van der Waals surface area (Å²) in [4.78, 5) is 8.98. The zero-order valence-corrected chi connectivity index (χ0v) is 21.7. The van der Waals surface area contributed by atoms with Gasteiger partial charge in [-0.05, 0) is 77.3 Å². The number of alkyl halides is 3. The molecule has 1 aromatic heterocycles. The first-order chi connectivity index (χ1) is 16.0. The third kappa shape index (κ3) is 6.22. The Morgan fingerprint density at radius 3 is 2.34 bits per heavy atom. The van der Waals surface area contributed by atoms with Crippen molar-refractivity contribution < 1.29 is 22.8 Å². The van der Waals surface area contributed by atoms with Crippen molar-refractivity contribution in [3.63, 3.8) is 0 Å². The van der Waals surface area contributed by atoms with Crippen LogP contribution in [-0.4, -0.2) is 34.0 Å². The molecule has 2 N–H and O–H groups in total. The van der Waals surface area contributed by atoms with Gasteiger partial charge in [0.15, 0.2) is 0 Å². The summed E-state index contributed by atoms with van der Waals surface area (Å²) in [6.45, 7) is 11.3. The standard InChI is InChI=1S/C26H29F3N3O2P/c1-15-19(9-8-10-21(15)26(27,28)29)16(2)30-24-20-13-18(11-12-25(4,5)33)23(35(6,7)34)14-22(20)31-17(3)32-24/h8-10,13-14,16,33H,1-7H3,(H,30,31,32). The van der Waals surface area contributed by atoms with E-state index in [9.17, 15) is 22.8 Å². The second kappa shape index (κ2) is 9.29. The Hall–Kier alpha value is -2.88. The molecule has 0 aliphatic rings. The first-order valence-corrected chi connectivity index (χ1v) is 13.6. The molecule has 0 radical (unpaired) electrons. The molecule has 0 saturated heterocycles. The van der Waals surface area contributed by atoms with Crippen LogP contribution in [0.1, 0.15) is 54.9 Å². The van der Waals surface area contributed by atoms with Gasteiger partial charge in [-0.25, -0.2) is 9.97 Å². The van der Waals surface area contributed by atoms with E-state index in [2.05, 4.69) is 27.1 Å². The monoisotopic (exact) mass is 503 g/mol. The molecule has 3 rings (SSSR count). The normalized spacial score (nSPS) is 13.3. The Morgan fingerprint density at radius 2 is 1.77 bits per heavy atom. The fourth-order valence-electron chi connectivity index (χ4n) is 3.87. The molecular weight excluding hydrogens is 474 g/mol. The van der Waals surface area contributed by atoms with Crippen LogP contribution in [0.25, 0.3) is 10.9 Å². The molecule has 0 aliphatic carbocycles. The van der Waals surface area contributed by atoms with Crippen molar-refractivity contribution in [2.45, 2.75) is 52.4 Å². The van der Waals surface area contributed by atoms with Gasteiger partial charge in [0.05, 0.1) is 17.1 Å². The molecule has 0 bridgehead atoms. The minimum atomic E-state index is -4.45. The Labute approximate surface area is 203 Å². The maximum Gasteiger partial charge on any atom is 0.416 e. The van der Waals surface area contributed by atoms with Crippen LogP contribution in [0.15, 0.2) is 30.3 Å². The third-order valence-electron chi connectivity index (χ3n) is 5.51. The lowest BCUT2D eigenvalue weighted by atomic mass is 9.97. The number of halogens is 3. The van der Waals surface area contributed by atoms with Crippen molar-refractivity contribution in [3.05, 3.63) is 58.4 Å². The molecular formula is C26H29F3N3O2P. The van der Waals surface area contributed by atoms with Crippen molar-refractivity contribution in [1.29, 1.82) is 0 Å². The lowest BCUT2D eigenvalue weighted by molar-refractivity contribution is -0.138. The smallest absolute Gasteiger partial charge is 0.378 e. The number of hydrogen-bond acceptors (Lipinski definition) is 5. The van der Waals surface area contributed by atoms with E-state index in [1.807, 2.05) is 0 Å². The van der Waals surface area contributed by atoms with Gasteiger partial charge in [0.2, 0.25) is 0 Å². The lowest BCUT2D eigenvalue weighted by Gasteiger charge is -2.21. The van der Waals surface area contributed by atoms with Crippen LogP contribution in [0.5, 0.6) is 0 Å². The molecule has 0 fully saturated rings. The summed E-state index contributed by atoms with van der Waals surface area (Å²) in [5.41, 5.74) is -0.269. The summed E-state index contributed by atoms with van der Waals surface area (Å²) in [7, 11) is -2.75. The molecule has 3 aromatic rings. The van der Waals surface area contributed by atoms with E-state index in [1.165, 1.54) is 13.0 Å². The summed E-state index contributed by atoms with van der Waals surface area (Å²) < 4.78 is 53.3. The maximum absolute atomic E-state index is 13.4. The molecule has 35 heavy (non-hydrogen) atoms. The van der Waals surface area contributed by atoms with Crippen molar-refractivity contribution in [1.82, 2.24) is 9.97 Å². The minimum absolute atomic E-state index is 0.145. The van der Waals surface area contributed by atoms with Gasteiger partial charge in [-0.2, -0.15) is 13.2 Å². The van der Waals surface area contributed by atoms with Gasteiger partial charge >= 0.3 is 6.18 Å². The highest BCUT2D eigenvalue weighted by Crippen LogP contribution is 2.39. The van der Waals surface area contributed by atoms with Gasteiger partial charge in [0.1, 0.15) is 24.4 Å². The number of nitrogens with one attached hydrogen (secondary N) is 1. The fourth-order valence-corrected chi connectivity index (χ4v) is 5.00. The van der Waals surface area contributed by atoms with E-state index in [0.29, 0.717) is 39.0 Å². The zero-order valence-electron chi connectivity index (χ0n) is 20.8. The molecule has 186 valence electrons. The first kappa shape index (κ1) is 26.7. The number of hydrogen-bond donors (Lipinski definition) is 2. The fraction of sp³-hybridized carbons (Fsp3) is 0.385. The molecule has 0 amide bonds. The van der Waals surface area contributed by atoms with E-state index < -0.39 is 30.5 Å². The number of aromatic nitrogens is 2.